The smallest absolute Gasteiger partial charge is 0.387 e. The molecule has 0 saturated heterocycles. The minimum absolute atomic E-state index is 0.0750. The first-order valence-electron chi connectivity index (χ1n) is 5.84. The van der Waals surface area contributed by atoms with Gasteiger partial charge in [-0.25, -0.2) is 0 Å². The predicted molar refractivity (Wildman–Crippen MR) is 76.9 cm³/mol. The van der Waals surface area contributed by atoms with Gasteiger partial charge in [-0.15, -0.1) is 10.2 Å². The number of ether oxygens (including phenoxy) is 1. The van der Waals surface area contributed by atoms with Crippen LogP contribution < -0.4 is 10.1 Å². The van der Waals surface area contributed by atoms with E-state index in [-0.39, 0.29) is 17.3 Å². The molecule has 0 saturated carbocycles. The van der Waals surface area contributed by atoms with Crippen molar-refractivity contribution in [3.63, 3.8) is 0 Å². The Bertz CT molecular complexity index is 596. The van der Waals surface area contributed by atoms with E-state index in [1.807, 2.05) is 0 Å². The van der Waals surface area contributed by atoms with E-state index in [0.717, 1.165) is 0 Å². The second kappa shape index (κ2) is 7.32. The van der Waals surface area contributed by atoms with Crippen molar-refractivity contribution >= 4 is 34.7 Å². The zero-order chi connectivity index (χ0) is 15.2. The summed E-state index contributed by atoms with van der Waals surface area (Å²) >= 11 is 2.56. The molecule has 2 rings (SSSR count). The average molecular weight is 331 g/mol. The summed E-state index contributed by atoms with van der Waals surface area (Å²) in [6, 6.07) is 6.03. The molecule has 5 nitrogen and oxygen atoms in total. The highest BCUT2D eigenvalue weighted by atomic mass is 32.2. The highest BCUT2D eigenvalue weighted by molar-refractivity contribution is 8.02. The van der Waals surface area contributed by atoms with E-state index < -0.39 is 11.9 Å². The number of hydrogen-bond donors (Lipinski definition) is 1. The summed E-state index contributed by atoms with van der Waals surface area (Å²) in [6.45, 7) is -1.26. The van der Waals surface area contributed by atoms with E-state index in [4.69, 9.17) is 0 Å². The van der Waals surface area contributed by atoms with Gasteiger partial charge >= 0.3 is 6.61 Å². The lowest BCUT2D eigenvalue weighted by atomic mass is 10.3. The van der Waals surface area contributed by atoms with Gasteiger partial charge < -0.3 is 10.1 Å². The molecule has 1 heterocycles. The fourth-order valence-electron chi connectivity index (χ4n) is 1.42. The van der Waals surface area contributed by atoms with Crippen molar-refractivity contribution < 1.29 is 18.3 Å². The van der Waals surface area contributed by atoms with Crippen LogP contribution in [0.1, 0.15) is 6.92 Å². The molecule has 1 amide bonds. The van der Waals surface area contributed by atoms with Gasteiger partial charge in [-0.05, 0) is 19.1 Å². The Hall–Kier alpha value is -1.74. The van der Waals surface area contributed by atoms with Crippen molar-refractivity contribution in [3.05, 3.63) is 29.8 Å². The number of amides is 1. The van der Waals surface area contributed by atoms with E-state index in [1.165, 1.54) is 35.2 Å². The summed E-state index contributed by atoms with van der Waals surface area (Å²) < 4.78 is 29.6. The van der Waals surface area contributed by atoms with Crippen molar-refractivity contribution in [2.24, 2.45) is 0 Å². The first-order chi connectivity index (χ1) is 10.1. The number of rotatable bonds is 6. The lowest BCUT2D eigenvalue weighted by Gasteiger charge is -2.14. The monoisotopic (exact) mass is 331 g/mol. The van der Waals surface area contributed by atoms with E-state index in [2.05, 4.69) is 20.3 Å². The Kier molecular flexibility index (Phi) is 5.45. The third-order valence-electron chi connectivity index (χ3n) is 2.35. The van der Waals surface area contributed by atoms with Gasteiger partial charge in [0.15, 0.2) is 4.34 Å². The normalized spacial score (nSPS) is 12.2. The van der Waals surface area contributed by atoms with Gasteiger partial charge in [-0.2, -0.15) is 8.78 Å². The number of aromatic nitrogens is 2. The summed E-state index contributed by atoms with van der Waals surface area (Å²) in [7, 11) is 0. The second-order valence-corrected chi connectivity index (χ2v) is 6.25. The number of benzene rings is 1. The Morgan fingerprint density at radius 3 is 2.86 bits per heavy atom. The van der Waals surface area contributed by atoms with Crippen LogP contribution in [0.3, 0.4) is 0 Å². The first-order valence-corrected chi connectivity index (χ1v) is 7.59. The van der Waals surface area contributed by atoms with Crippen molar-refractivity contribution in [2.45, 2.75) is 23.1 Å². The molecule has 1 aromatic carbocycles. The molecule has 0 spiro atoms. The quantitative estimate of drug-likeness (QED) is 0.823. The van der Waals surface area contributed by atoms with Crippen molar-refractivity contribution in [1.29, 1.82) is 0 Å². The Balaban J connectivity index is 2.02. The van der Waals surface area contributed by atoms with Crippen LogP contribution in [0.4, 0.5) is 14.5 Å². The lowest BCUT2D eigenvalue weighted by Crippen LogP contribution is -2.23. The third-order valence-corrected chi connectivity index (χ3v) is 4.26. The van der Waals surface area contributed by atoms with Gasteiger partial charge in [0.25, 0.3) is 0 Å². The van der Waals surface area contributed by atoms with Gasteiger partial charge in [0.2, 0.25) is 5.91 Å². The Labute approximate surface area is 127 Å². The van der Waals surface area contributed by atoms with Crippen LogP contribution in [0, 0.1) is 0 Å². The number of carbonyl (C=O) groups excluding carboxylic acids is 1. The summed E-state index contributed by atoms with van der Waals surface area (Å²) in [4.78, 5) is 12.1. The molecular formula is C12H11F2N3O2S2. The van der Waals surface area contributed by atoms with Gasteiger partial charge in [-0.1, -0.05) is 35.2 Å². The first kappa shape index (κ1) is 15.6. The highest BCUT2D eigenvalue weighted by Crippen LogP contribution is 2.28. The number of alkyl halides is 2. The lowest BCUT2D eigenvalue weighted by molar-refractivity contribution is -0.115. The van der Waals surface area contributed by atoms with E-state index in [1.54, 1.807) is 24.6 Å². The minimum Gasteiger partial charge on any atom is -0.433 e. The van der Waals surface area contributed by atoms with E-state index >= 15 is 0 Å². The SMILES string of the molecule is CC(Sc1nncs1)C(=O)Nc1ccccc1OC(F)F. The molecule has 0 aliphatic rings. The fourth-order valence-corrected chi connectivity index (χ4v) is 3.05. The molecule has 1 atom stereocenters. The molecule has 21 heavy (non-hydrogen) atoms. The molecule has 0 bridgehead atoms. The topological polar surface area (TPSA) is 64.1 Å². The van der Waals surface area contributed by atoms with Crippen LogP contribution in [-0.4, -0.2) is 28.0 Å². The summed E-state index contributed by atoms with van der Waals surface area (Å²) in [5.41, 5.74) is 1.77. The summed E-state index contributed by atoms with van der Waals surface area (Å²) in [6.07, 6.45) is 0. The van der Waals surface area contributed by atoms with Crippen LogP contribution in [0.2, 0.25) is 0 Å². The number of carbonyl (C=O) groups is 1. The third kappa shape index (κ3) is 4.64. The van der Waals surface area contributed by atoms with E-state index in [0.29, 0.717) is 4.34 Å². The van der Waals surface area contributed by atoms with Crippen LogP contribution in [0.25, 0.3) is 0 Å². The molecule has 0 radical (unpaired) electrons. The average Bonchev–Trinajstić information content (AvgIpc) is 2.93. The van der Waals surface area contributed by atoms with Gasteiger partial charge in [0, 0.05) is 0 Å². The van der Waals surface area contributed by atoms with Crippen molar-refractivity contribution in [3.8, 4) is 5.75 Å². The largest absolute Gasteiger partial charge is 0.433 e. The summed E-state index contributed by atoms with van der Waals surface area (Å²) in [5, 5.41) is 9.63. The molecule has 0 aliphatic heterocycles. The van der Waals surface area contributed by atoms with Gasteiger partial charge in [0.1, 0.15) is 11.3 Å². The van der Waals surface area contributed by atoms with Crippen LogP contribution in [0.15, 0.2) is 34.1 Å². The standard InChI is InChI=1S/C12H11F2N3O2S2/c1-7(21-12-17-15-6-20-12)10(18)16-8-4-2-3-5-9(8)19-11(13)14/h2-7,11H,1H3,(H,16,18). The fraction of sp³-hybridized carbons (Fsp3) is 0.250. The van der Waals surface area contributed by atoms with Crippen molar-refractivity contribution in [1.82, 2.24) is 10.2 Å². The number of thioether (sulfide) groups is 1. The molecule has 2 aromatic rings. The van der Waals surface area contributed by atoms with Crippen LogP contribution in [0.5, 0.6) is 5.75 Å². The molecule has 9 heteroatoms. The molecule has 0 fully saturated rings. The van der Waals surface area contributed by atoms with Gasteiger partial charge in [-0.3, -0.25) is 4.79 Å². The van der Waals surface area contributed by atoms with Gasteiger partial charge in [0.05, 0.1) is 10.9 Å². The maximum atomic E-state index is 12.3. The molecular weight excluding hydrogens is 320 g/mol. The highest BCUT2D eigenvalue weighted by Gasteiger charge is 2.18. The Morgan fingerprint density at radius 2 is 2.19 bits per heavy atom. The number of para-hydroxylation sites is 2. The number of hydrogen-bond acceptors (Lipinski definition) is 6. The predicted octanol–water partition coefficient (Wildman–Crippen LogP) is 3.26. The number of nitrogens with zero attached hydrogens (tertiary/aromatic N) is 2. The molecule has 1 N–H and O–H groups in total. The van der Waals surface area contributed by atoms with Crippen LogP contribution >= 0.6 is 23.1 Å². The maximum absolute atomic E-state index is 12.3. The second-order valence-electron chi connectivity index (χ2n) is 3.83. The van der Waals surface area contributed by atoms with Crippen molar-refractivity contribution in [2.75, 3.05) is 5.32 Å². The molecule has 1 unspecified atom stereocenters. The number of halogens is 2. The summed E-state index contributed by atoms with van der Waals surface area (Å²) in [5.74, 6) is -0.408. The molecule has 0 aliphatic carbocycles. The minimum atomic E-state index is -2.95. The molecule has 1 aromatic heterocycles. The van der Waals surface area contributed by atoms with E-state index in [9.17, 15) is 13.6 Å². The maximum Gasteiger partial charge on any atom is 0.387 e. The molecule has 112 valence electrons. The Morgan fingerprint density at radius 1 is 1.43 bits per heavy atom. The number of nitrogens with one attached hydrogen (secondary N) is 1. The number of anilines is 1. The van der Waals surface area contributed by atoms with Crippen LogP contribution in [-0.2, 0) is 4.79 Å². The zero-order valence-corrected chi connectivity index (χ0v) is 12.5. The zero-order valence-electron chi connectivity index (χ0n) is 10.8.